The minimum absolute atomic E-state index is 0.121. The highest BCUT2D eigenvalue weighted by molar-refractivity contribution is 6.01. The Labute approximate surface area is 114 Å². The summed E-state index contributed by atoms with van der Waals surface area (Å²) in [4.78, 5) is 14.6. The predicted molar refractivity (Wildman–Crippen MR) is 79.7 cm³/mol. The first-order valence-corrected chi connectivity index (χ1v) is 6.61. The van der Waals surface area contributed by atoms with Gasteiger partial charge < -0.3 is 4.90 Å². The molecule has 0 saturated carbocycles. The Morgan fingerprint density at radius 3 is 2.05 bits per heavy atom. The van der Waals surface area contributed by atoms with Gasteiger partial charge in [0, 0.05) is 18.3 Å². The molecule has 0 amide bonds. The summed E-state index contributed by atoms with van der Waals surface area (Å²) in [6.45, 7) is 2.05. The molecule has 2 heteroatoms. The highest BCUT2D eigenvalue weighted by atomic mass is 16.1. The van der Waals surface area contributed by atoms with Crippen LogP contribution in [0.25, 0.3) is 0 Å². The Bertz CT molecular complexity index is 521. The molecule has 0 aliphatic carbocycles. The molecular formula is C17H19NO. The molecule has 0 saturated heterocycles. The molecule has 2 nitrogen and oxygen atoms in total. The number of likely N-dealkylation sites (N-methyl/N-ethyl adjacent to an activating group) is 1. The fraction of sp³-hybridized carbons (Fsp3) is 0.235. The van der Waals surface area contributed by atoms with Crippen LogP contribution >= 0.6 is 0 Å². The van der Waals surface area contributed by atoms with Crippen LogP contribution in [0.1, 0.15) is 23.7 Å². The number of nitrogens with zero attached hydrogens (tertiary/aromatic N) is 1. The molecule has 2 aromatic rings. The van der Waals surface area contributed by atoms with E-state index in [0.29, 0.717) is 0 Å². The third-order valence-corrected chi connectivity index (χ3v) is 3.38. The number of ketones is 1. The zero-order chi connectivity index (χ0) is 13.7. The van der Waals surface area contributed by atoms with Crippen LogP contribution < -0.4 is 4.90 Å². The van der Waals surface area contributed by atoms with Gasteiger partial charge in [-0.15, -0.1) is 0 Å². The van der Waals surface area contributed by atoms with Gasteiger partial charge in [0.1, 0.15) is 0 Å². The largest absolute Gasteiger partial charge is 0.364 e. The summed E-state index contributed by atoms with van der Waals surface area (Å²) in [5, 5.41) is 0. The number of carbonyl (C=O) groups excluding carboxylic acids is 1. The molecule has 0 aromatic heterocycles. The summed E-state index contributed by atoms with van der Waals surface area (Å²) in [5.74, 6) is 0.175. The summed E-state index contributed by atoms with van der Waals surface area (Å²) >= 11 is 0. The Morgan fingerprint density at radius 2 is 1.53 bits per heavy atom. The third kappa shape index (κ3) is 3.02. The van der Waals surface area contributed by atoms with Gasteiger partial charge in [-0.3, -0.25) is 4.79 Å². The van der Waals surface area contributed by atoms with Crippen molar-refractivity contribution in [2.24, 2.45) is 0 Å². The van der Waals surface area contributed by atoms with E-state index in [0.717, 1.165) is 17.7 Å². The van der Waals surface area contributed by atoms with Crippen molar-refractivity contribution in [2.45, 2.75) is 19.4 Å². The number of anilines is 1. The second-order valence-electron chi connectivity index (χ2n) is 4.60. The number of Topliss-reactive ketones (excluding diaryl/α,β-unsaturated/α-hetero) is 1. The molecule has 0 spiro atoms. The molecule has 1 unspecified atom stereocenters. The maximum absolute atomic E-state index is 12.5. The summed E-state index contributed by atoms with van der Waals surface area (Å²) in [6, 6.07) is 19.4. The zero-order valence-corrected chi connectivity index (χ0v) is 11.4. The van der Waals surface area contributed by atoms with Gasteiger partial charge in [0.2, 0.25) is 0 Å². The zero-order valence-electron chi connectivity index (χ0n) is 11.4. The normalized spacial score (nSPS) is 11.9. The molecule has 2 aromatic carbocycles. The second kappa shape index (κ2) is 6.19. The lowest BCUT2D eigenvalue weighted by Gasteiger charge is -2.28. The number of hydrogen-bond donors (Lipinski definition) is 0. The van der Waals surface area contributed by atoms with Crippen molar-refractivity contribution in [2.75, 3.05) is 11.9 Å². The standard InChI is InChI=1S/C17H19NO/c1-3-16(17(19)14-10-6-4-7-11-14)18(2)15-12-8-5-9-13-15/h4-13,16H,3H2,1-2H3. The first-order chi connectivity index (χ1) is 9.24. The van der Waals surface area contributed by atoms with Crippen LogP contribution in [0.4, 0.5) is 5.69 Å². The van der Waals surface area contributed by atoms with E-state index in [4.69, 9.17) is 0 Å². The lowest BCUT2D eigenvalue weighted by molar-refractivity contribution is 0.0957. The highest BCUT2D eigenvalue weighted by Crippen LogP contribution is 2.19. The van der Waals surface area contributed by atoms with E-state index in [1.165, 1.54) is 0 Å². The maximum Gasteiger partial charge on any atom is 0.185 e. The number of benzene rings is 2. The van der Waals surface area contributed by atoms with E-state index in [9.17, 15) is 4.79 Å². The number of rotatable bonds is 5. The van der Waals surface area contributed by atoms with Gasteiger partial charge in [-0.25, -0.2) is 0 Å². The van der Waals surface area contributed by atoms with Gasteiger partial charge >= 0.3 is 0 Å². The Hall–Kier alpha value is -2.09. The van der Waals surface area contributed by atoms with E-state index < -0.39 is 0 Å². The molecule has 0 heterocycles. The minimum Gasteiger partial charge on any atom is -0.364 e. The van der Waals surface area contributed by atoms with E-state index in [1.54, 1.807) is 0 Å². The summed E-state index contributed by atoms with van der Waals surface area (Å²) in [7, 11) is 1.98. The summed E-state index contributed by atoms with van der Waals surface area (Å²) < 4.78 is 0. The smallest absolute Gasteiger partial charge is 0.185 e. The number of carbonyl (C=O) groups is 1. The van der Waals surface area contributed by atoms with Gasteiger partial charge in [0.15, 0.2) is 5.78 Å². The van der Waals surface area contributed by atoms with E-state index in [2.05, 4.69) is 4.90 Å². The average Bonchev–Trinajstić information content (AvgIpc) is 2.49. The Morgan fingerprint density at radius 1 is 1.00 bits per heavy atom. The molecule has 19 heavy (non-hydrogen) atoms. The fourth-order valence-corrected chi connectivity index (χ4v) is 2.27. The molecule has 0 aliphatic rings. The topological polar surface area (TPSA) is 20.3 Å². The first-order valence-electron chi connectivity index (χ1n) is 6.61. The molecule has 0 fully saturated rings. The number of para-hydroxylation sites is 1. The van der Waals surface area contributed by atoms with Gasteiger partial charge in [-0.2, -0.15) is 0 Å². The van der Waals surface area contributed by atoms with Crippen molar-refractivity contribution in [3.8, 4) is 0 Å². The predicted octanol–water partition coefficient (Wildman–Crippen LogP) is 3.78. The monoisotopic (exact) mass is 253 g/mol. The molecule has 1 atom stereocenters. The average molecular weight is 253 g/mol. The molecule has 0 aliphatic heterocycles. The van der Waals surface area contributed by atoms with Crippen LogP contribution in [0, 0.1) is 0 Å². The van der Waals surface area contributed by atoms with Crippen LogP contribution in [0.15, 0.2) is 60.7 Å². The fourth-order valence-electron chi connectivity index (χ4n) is 2.27. The van der Waals surface area contributed by atoms with Gasteiger partial charge in [0.25, 0.3) is 0 Å². The lowest BCUT2D eigenvalue weighted by Crippen LogP contribution is -2.38. The third-order valence-electron chi connectivity index (χ3n) is 3.38. The molecule has 0 radical (unpaired) electrons. The van der Waals surface area contributed by atoms with E-state index in [1.807, 2.05) is 74.6 Å². The van der Waals surface area contributed by atoms with Crippen LogP contribution in [0.2, 0.25) is 0 Å². The van der Waals surface area contributed by atoms with Crippen molar-refractivity contribution in [3.05, 3.63) is 66.2 Å². The van der Waals surface area contributed by atoms with Crippen LogP contribution in [-0.4, -0.2) is 18.9 Å². The molecule has 0 N–H and O–H groups in total. The summed E-state index contributed by atoms with van der Waals surface area (Å²) in [6.07, 6.45) is 0.791. The SMILES string of the molecule is CCC(C(=O)c1ccccc1)N(C)c1ccccc1. The minimum atomic E-state index is -0.121. The second-order valence-corrected chi connectivity index (χ2v) is 4.60. The maximum atomic E-state index is 12.5. The van der Waals surface area contributed by atoms with Crippen molar-refractivity contribution in [1.29, 1.82) is 0 Å². The number of hydrogen-bond acceptors (Lipinski definition) is 2. The van der Waals surface area contributed by atoms with Crippen molar-refractivity contribution in [3.63, 3.8) is 0 Å². The lowest BCUT2D eigenvalue weighted by atomic mass is 10.0. The van der Waals surface area contributed by atoms with Crippen LogP contribution in [-0.2, 0) is 0 Å². The van der Waals surface area contributed by atoms with Gasteiger partial charge in [0.05, 0.1) is 6.04 Å². The Kier molecular flexibility index (Phi) is 4.35. The molecular weight excluding hydrogens is 234 g/mol. The van der Waals surface area contributed by atoms with Gasteiger partial charge in [-0.05, 0) is 18.6 Å². The van der Waals surface area contributed by atoms with E-state index in [-0.39, 0.29) is 11.8 Å². The van der Waals surface area contributed by atoms with E-state index >= 15 is 0 Å². The molecule has 2 rings (SSSR count). The molecule has 0 bridgehead atoms. The van der Waals surface area contributed by atoms with Crippen LogP contribution in [0.3, 0.4) is 0 Å². The first kappa shape index (κ1) is 13.3. The van der Waals surface area contributed by atoms with Crippen molar-refractivity contribution in [1.82, 2.24) is 0 Å². The highest BCUT2D eigenvalue weighted by Gasteiger charge is 2.22. The van der Waals surface area contributed by atoms with Crippen molar-refractivity contribution >= 4 is 11.5 Å². The Balaban J connectivity index is 2.23. The molecule has 98 valence electrons. The summed E-state index contributed by atoms with van der Waals surface area (Å²) in [5.41, 5.74) is 1.84. The van der Waals surface area contributed by atoms with Gasteiger partial charge in [-0.1, -0.05) is 55.5 Å². The quantitative estimate of drug-likeness (QED) is 0.756. The van der Waals surface area contributed by atoms with Crippen molar-refractivity contribution < 1.29 is 4.79 Å². The van der Waals surface area contributed by atoms with Crippen LogP contribution in [0.5, 0.6) is 0 Å².